The van der Waals surface area contributed by atoms with Crippen LogP contribution < -0.4 is 18.9 Å². The molecule has 0 rings (SSSR count). The standard InChI is InChI=1S/2C4H9.Cu.Li/c2*1-3-4-2;;/h2*3H,4H2,1-2H3;;/q2*-1;2*+1. The summed E-state index contributed by atoms with van der Waals surface area (Å²) in [5, 5.41) is 0. The summed E-state index contributed by atoms with van der Waals surface area (Å²) in [6.07, 6.45) is 6.64. The third kappa shape index (κ3) is 61.8. The molecule has 0 atom stereocenters. The molecule has 0 bridgehead atoms. The molecule has 2 heteroatoms. The molecule has 0 saturated heterocycles. The van der Waals surface area contributed by atoms with Gasteiger partial charge in [0.1, 0.15) is 0 Å². The average molecular weight is 185 g/mol. The first kappa shape index (κ1) is 22.5. The summed E-state index contributed by atoms with van der Waals surface area (Å²) in [6.45, 7) is 8.36. The minimum absolute atomic E-state index is 0. The van der Waals surface area contributed by atoms with Crippen molar-refractivity contribution in [3.8, 4) is 0 Å². The van der Waals surface area contributed by atoms with Crippen LogP contribution >= 0.6 is 0 Å². The second-order valence-electron chi connectivity index (χ2n) is 1.63. The van der Waals surface area contributed by atoms with E-state index in [9.17, 15) is 0 Å². The first-order chi connectivity index (χ1) is 3.83. The fraction of sp³-hybridized carbons (Fsp3) is 0.750. The van der Waals surface area contributed by atoms with E-state index >= 15 is 0 Å². The second kappa shape index (κ2) is 32.1. The van der Waals surface area contributed by atoms with Crippen molar-refractivity contribution in [2.24, 2.45) is 0 Å². The van der Waals surface area contributed by atoms with E-state index in [1.165, 1.54) is 12.8 Å². The van der Waals surface area contributed by atoms with Crippen molar-refractivity contribution in [3.63, 3.8) is 0 Å². The minimum Gasteiger partial charge on any atom is -0.332 e. The number of hydrogen-bond acceptors (Lipinski definition) is 0. The van der Waals surface area contributed by atoms with Gasteiger partial charge >= 0.3 is 35.9 Å². The summed E-state index contributed by atoms with van der Waals surface area (Å²) in [7, 11) is 0. The maximum atomic E-state index is 2.12. The molecule has 0 fully saturated rings. The molecule has 0 aliphatic rings. The normalized spacial score (nSPS) is 6.00. The monoisotopic (exact) mass is 184 g/mol. The zero-order valence-corrected chi connectivity index (χ0v) is 8.81. The van der Waals surface area contributed by atoms with Gasteiger partial charge in [-0.3, -0.25) is 0 Å². The zero-order chi connectivity index (χ0) is 6.83. The van der Waals surface area contributed by atoms with Gasteiger partial charge in [0.15, 0.2) is 0 Å². The second-order valence-corrected chi connectivity index (χ2v) is 1.63. The van der Waals surface area contributed by atoms with E-state index in [1.807, 2.05) is 0 Å². The third-order valence-corrected chi connectivity index (χ3v) is 0.816. The Morgan fingerprint density at radius 2 is 1.00 bits per heavy atom. The van der Waals surface area contributed by atoms with Crippen LogP contribution in [0.25, 0.3) is 0 Å². The van der Waals surface area contributed by atoms with Crippen molar-refractivity contribution < 1.29 is 35.9 Å². The quantitative estimate of drug-likeness (QED) is 0.426. The molecule has 0 aromatic heterocycles. The number of hydrogen-bond donors (Lipinski definition) is 0. The van der Waals surface area contributed by atoms with Crippen molar-refractivity contribution in [3.05, 3.63) is 12.8 Å². The Kier molecular flexibility index (Phi) is 72.1. The first-order valence-electron chi connectivity index (χ1n) is 3.39. The van der Waals surface area contributed by atoms with Crippen LogP contribution in [-0.2, 0) is 17.1 Å². The first-order valence-corrected chi connectivity index (χ1v) is 3.39. The van der Waals surface area contributed by atoms with Crippen molar-refractivity contribution in [1.82, 2.24) is 0 Å². The molecule has 0 aromatic rings. The Hall–Kier alpha value is 1.12. The molecule has 0 spiro atoms. The number of unbranched alkanes of at least 4 members (excludes halogenated alkanes) is 2. The van der Waals surface area contributed by atoms with Crippen LogP contribution in [0.4, 0.5) is 0 Å². The average Bonchev–Trinajstić information content (AvgIpc) is 1.88. The topological polar surface area (TPSA) is 0 Å². The molecular formula is C8H18CuLi. The van der Waals surface area contributed by atoms with E-state index in [0.717, 1.165) is 0 Å². The van der Waals surface area contributed by atoms with Crippen molar-refractivity contribution in [1.29, 1.82) is 0 Å². The van der Waals surface area contributed by atoms with Gasteiger partial charge < -0.3 is 12.8 Å². The Bertz CT molecular complexity index is 17.2. The fourth-order valence-electron chi connectivity index (χ4n) is 0. The van der Waals surface area contributed by atoms with Crippen molar-refractivity contribution in [2.45, 2.75) is 40.5 Å². The molecule has 0 unspecified atom stereocenters. The van der Waals surface area contributed by atoms with E-state index in [1.54, 1.807) is 0 Å². The summed E-state index contributed by atoms with van der Waals surface area (Å²) in [5.74, 6) is 0. The summed E-state index contributed by atoms with van der Waals surface area (Å²) in [6, 6.07) is 0. The number of rotatable bonds is 2. The maximum Gasteiger partial charge on any atom is 1.00 e. The summed E-state index contributed by atoms with van der Waals surface area (Å²) < 4.78 is 0. The van der Waals surface area contributed by atoms with Crippen LogP contribution in [0.1, 0.15) is 40.5 Å². The van der Waals surface area contributed by atoms with Crippen molar-refractivity contribution >= 4 is 0 Å². The molecule has 0 aliphatic heterocycles. The van der Waals surface area contributed by atoms with Gasteiger partial charge in [-0.05, 0) is 0 Å². The van der Waals surface area contributed by atoms with Crippen molar-refractivity contribution in [2.75, 3.05) is 0 Å². The molecule has 62 valence electrons. The largest absolute Gasteiger partial charge is 1.00 e. The van der Waals surface area contributed by atoms with Gasteiger partial charge in [-0.25, -0.2) is 0 Å². The molecule has 0 aromatic carbocycles. The summed E-state index contributed by atoms with van der Waals surface area (Å²) in [5.41, 5.74) is 0. The molecule has 0 amide bonds. The molecular weight excluding hydrogens is 167 g/mol. The molecule has 0 radical (unpaired) electrons. The minimum atomic E-state index is 0. The Labute approximate surface area is 89.2 Å². The fourth-order valence-corrected chi connectivity index (χ4v) is 0. The van der Waals surface area contributed by atoms with Gasteiger partial charge in [0, 0.05) is 0 Å². The van der Waals surface area contributed by atoms with Gasteiger partial charge in [0.2, 0.25) is 0 Å². The zero-order valence-electron chi connectivity index (χ0n) is 7.87. The van der Waals surface area contributed by atoms with E-state index < -0.39 is 0 Å². The molecule has 0 saturated carbocycles. The van der Waals surface area contributed by atoms with Crippen LogP contribution in [0.15, 0.2) is 0 Å². The van der Waals surface area contributed by atoms with E-state index in [0.29, 0.717) is 0 Å². The Balaban J connectivity index is -0.0000000300. The smallest absolute Gasteiger partial charge is 0.332 e. The van der Waals surface area contributed by atoms with E-state index in [4.69, 9.17) is 0 Å². The molecule has 0 N–H and O–H groups in total. The summed E-state index contributed by atoms with van der Waals surface area (Å²) in [4.78, 5) is 0. The van der Waals surface area contributed by atoms with E-state index in [-0.39, 0.29) is 35.9 Å². The Morgan fingerprint density at radius 1 is 0.900 bits per heavy atom. The molecule has 0 aliphatic carbocycles. The van der Waals surface area contributed by atoms with Crippen LogP contribution in [0.2, 0.25) is 0 Å². The van der Waals surface area contributed by atoms with Crippen LogP contribution in [0.5, 0.6) is 0 Å². The van der Waals surface area contributed by atoms with Gasteiger partial charge in [-0.1, -0.05) is 13.8 Å². The SMILES string of the molecule is C[CH-]CC.C[CH-]CC.[Cu+].[Li+]. The van der Waals surface area contributed by atoms with Crippen LogP contribution in [0.3, 0.4) is 0 Å². The van der Waals surface area contributed by atoms with Crippen LogP contribution in [0, 0.1) is 12.8 Å². The predicted molar refractivity (Wildman–Crippen MR) is 40.5 cm³/mol. The summed E-state index contributed by atoms with van der Waals surface area (Å²) >= 11 is 0. The van der Waals surface area contributed by atoms with Gasteiger partial charge in [-0.2, -0.15) is 26.7 Å². The molecule has 0 nitrogen and oxygen atoms in total. The molecule has 0 heterocycles. The van der Waals surface area contributed by atoms with Gasteiger partial charge in [-0.15, -0.1) is 0 Å². The van der Waals surface area contributed by atoms with E-state index in [2.05, 4.69) is 40.5 Å². The molecule has 10 heavy (non-hydrogen) atoms. The van der Waals surface area contributed by atoms with Gasteiger partial charge in [0.25, 0.3) is 0 Å². The van der Waals surface area contributed by atoms with Crippen LogP contribution in [-0.4, -0.2) is 0 Å². The van der Waals surface area contributed by atoms with Gasteiger partial charge in [0.05, 0.1) is 0 Å². The predicted octanol–water partition coefficient (Wildman–Crippen LogP) is 0.243. The Morgan fingerprint density at radius 3 is 1.00 bits per heavy atom. The third-order valence-electron chi connectivity index (χ3n) is 0.816. The maximum absolute atomic E-state index is 2.12.